The first-order chi connectivity index (χ1) is 23.3. The molecule has 0 radical (unpaired) electrons. The van der Waals surface area contributed by atoms with E-state index in [1.54, 1.807) is 18.2 Å². The van der Waals surface area contributed by atoms with Crippen molar-refractivity contribution in [3.05, 3.63) is 99.7 Å². The number of cyclic esters (lactones) is 1. The van der Waals surface area contributed by atoms with Crippen LogP contribution in [0.2, 0.25) is 0 Å². The number of nitrogens with zero attached hydrogens (tertiary/aromatic N) is 1. The highest BCUT2D eigenvalue weighted by Gasteiger charge is 2.47. The van der Waals surface area contributed by atoms with Gasteiger partial charge in [0.1, 0.15) is 24.5 Å². The minimum absolute atomic E-state index is 0.0240. The molecule has 5 rings (SSSR count). The van der Waals surface area contributed by atoms with Gasteiger partial charge in [-0.25, -0.2) is 13.6 Å². The number of benzene rings is 2. The number of hydrogen-bond donors (Lipinski definition) is 0. The van der Waals surface area contributed by atoms with Gasteiger partial charge in [0.15, 0.2) is 0 Å². The van der Waals surface area contributed by atoms with Crippen molar-refractivity contribution in [2.45, 2.75) is 70.3 Å². The van der Waals surface area contributed by atoms with E-state index in [9.17, 15) is 39.9 Å². The van der Waals surface area contributed by atoms with Crippen LogP contribution in [-0.2, 0) is 31.3 Å². The van der Waals surface area contributed by atoms with Gasteiger partial charge in [0.05, 0.1) is 23.1 Å². The molecule has 2 aromatic rings. The molecule has 1 heterocycles. The molecule has 0 saturated carbocycles. The molecule has 14 heteroatoms. The number of halogens is 8. The highest BCUT2D eigenvalue weighted by atomic mass is 19.4. The molecule has 2 unspecified atom stereocenters. The topological polar surface area (TPSA) is 57.2 Å². The minimum Gasteiger partial charge on any atom is -0.439 e. The van der Waals surface area contributed by atoms with Crippen LogP contribution in [0.3, 0.4) is 0 Å². The fourth-order valence-corrected chi connectivity index (χ4v) is 6.93. The van der Waals surface area contributed by atoms with Crippen molar-refractivity contribution in [2.24, 2.45) is 11.3 Å². The predicted octanol–water partition coefficient (Wildman–Crippen LogP) is 9.62. The number of amides is 1. The van der Waals surface area contributed by atoms with Crippen molar-refractivity contribution in [3.63, 3.8) is 0 Å². The Bertz CT molecular complexity index is 1660. The molecular formula is C36H37F8NO5. The lowest BCUT2D eigenvalue weighted by Crippen LogP contribution is -2.45. The van der Waals surface area contributed by atoms with E-state index in [-0.39, 0.29) is 30.4 Å². The maximum Gasteiger partial charge on any atom is 0.416 e. The molecule has 50 heavy (non-hydrogen) atoms. The summed E-state index contributed by atoms with van der Waals surface area (Å²) in [6, 6.07) is 3.32. The van der Waals surface area contributed by atoms with Crippen LogP contribution in [-0.4, -0.2) is 50.4 Å². The van der Waals surface area contributed by atoms with E-state index < -0.39 is 70.6 Å². The quantitative estimate of drug-likeness (QED) is 0.147. The Hall–Kier alpha value is -3.75. The van der Waals surface area contributed by atoms with Gasteiger partial charge < -0.3 is 18.9 Å². The standard InChI is InChI=1S/C36H37F8NO5/c1-20-31(23-10-25(35(39,40)41)15-26(11-23)36(42,43)44)50-32(46)45(20)18-24-17-33(2,3)8-7-29(24)30-14-21(22-12-27(37)16-28(38)13-22)6-9-34(30,48-5)49-19-47-4/h6,9-16,20,30-31H,7-8,17-19H2,1-5H3/t20-,30?,31-,34?/m0/s1. The van der Waals surface area contributed by atoms with Crippen LogP contribution < -0.4 is 0 Å². The largest absolute Gasteiger partial charge is 0.439 e. The molecule has 4 atom stereocenters. The molecular weight excluding hydrogens is 678 g/mol. The second-order valence-electron chi connectivity index (χ2n) is 13.5. The van der Waals surface area contributed by atoms with Crippen molar-refractivity contribution in [1.29, 1.82) is 0 Å². The monoisotopic (exact) mass is 715 g/mol. The lowest BCUT2D eigenvalue weighted by molar-refractivity contribution is -0.242. The third kappa shape index (κ3) is 7.76. The number of ether oxygens (including phenoxy) is 4. The molecule has 2 aliphatic carbocycles. The summed E-state index contributed by atoms with van der Waals surface area (Å²) in [5, 5.41) is 0. The Labute approximate surface area is 284 Å². The first-order valence-corrected chi connectivity index (χ1v) is 15.8. The second kappa shape index (κ2) is 13.8. The van der Waals surface area contributed by atoms with E-state index in [0.717, 1.165) is 17.2 Å². The van der Waals surface area contributed by atoms with Crippen LogP contribution in [0, 0.1) is 23.0 Å². The third-order valence-electron chi connectivity index (χ3n) is 9.48. The lowest BCUT2D eigenvalue weighted by Gasteiger charge is -2.43. The average molecular weight is 716 g/mol. The highest BCUT2D eigenvalue weighted by Crippen LogP contribution is 2.49. The summed E-state index contributed by atoms with van der Waals surface area (Å²) in [6.45, 7) is 5.31. The fraction of sp³-hybridized carbons (Fsp3) is 0.472. The van der Waals surface area contributed by atoms with Gasteiger partial charge in [-0.2, -0.15) is 26.3 Å². The van der Waals surface area contributed by atoms with Crippen LogP contribution in [0.1, 0.15) is 68.4 Å². The first-order valence-electron chi connectivity index (χ1n) is 15.8. The number of hydrogen-bond acceptors (Lipinski definition) is 5. The minimum atomic E-state index is -5.08. The van der Waals surface area contributed by atoms with Crippen LogP contribution in [0.5, 0.6) is 0 Å². The maximum absolute atomic E-state index is 14.3. The van der Waals surface area contributed by atoms with Crippen molar-refractivity contribution < 1.29 is 58.9 Å². The van der Waals surface area contributed by atoms with Gasteiger partial charge in [-0.3, -0.25) is 4.90 Å². The zero-order chi connectivity index (χ0) is 36.8. The number of carbonyl (C=O) groups excluding carboxylic acids is 1. The summed E-state index contributed by atoms with van der Waals surface area (Å²) in [6.07, 6.45) is -5.87. The van der Waals surface area contributed by atoms with E-state index >= 15 is 0 Å². The average Bonchev–Trinajstić information content (AvgIpc) is 3.30. The zero-order valence-corrected chi connectivity index (χ0v) is 28.0. The SMILES string of the molecule is COCOC1(OC)C=CC(c2cc(F)cc(F)c2)=CC1C1=C(CN2C(=O)O[C@H](c3cc(C(F)(F)F)cc(C(F)(F)F)c3)[C@@H]2C)CC(C)(C)CC1. The molecule has 0 N–H and O–H groups in total. The summed E-state index contributed by atoms with van der Waals surface area (Å²) in [4.78, 5) is 14.6. The van der Waals surface area contributed by atoms with Gasteiger partial charge in [-0.05, 0) is 84.7 Å². The van der Waals surface area contributed by atoms with Crippen LogP contribution >= 0.6 is 0 Å². The Morgan fingerprint density at radius 1 is 0.940 bits per heavy atom. The molecule has 1 amide bonds. The Morgan fingerprint density at radius 3 is 2.12 bits per heavy atom. The number of allylic oxidation sites excluding steroid dienone is 2. The van der Waals surface area contributed by atoms with Gasteiger partial charge in [-0.15, -0.1) is 0 Å². The molecule has 0 aromatic heterocycles. The van der Waals surface area contributed by atoms with E-state index in [0.29, 0.717) is 37.0 Å². The van der Waals surface area contributed by atoms with Crippen LogP contribution in [0.15, 0.2) is 65.8 Å². The third-order valence-corrected chi connectivity index (χ3v) is 9.48. The maximum atomic E-state index is 14.3. The molecule has 3 aliphatic rings. The normalized spacial score (nSPS) is 25.6. The first kappa shape index (κ1) is 37.5. The van der Waals surface area contributed by atoms with E-state index in [2.05, 4.69) is 0 Å². The van der Waals surface area contributed by atoms with Gasteiger partial charge in [0, 0.05) is 26.8 Å². The molecule has 6 nitrogen and oxygen atoms in total. The van der Waals surface area contributed by atoms with Crippen molar-refractivity contribution in [2.75, 3.05) is 27.6 Å². The molecule has 1 saturated heterocycles. The smallest absolute Gasteiger partial charge is 0.416 e. The summed E-state index contributed by atoms with van der Waals surface area (Å²) >= 11 is 0. The van der Waals surface area contributed by atoms with Crippen molar-refractivity contribution in [1.82, 2.24) is 4.90 Å². The summed E-state index contributed by atoms with van der Waals surface area (Å²) in [7, 11) is 2.85. The number of rotatable bonds is 9. The molecule has 2 aromatic carbocycles. The van der Waals surface area contributed by atoms with Gasteiger partial charge >= 0.3 is 18.4 Å². The van der Waals surface area contributed by atoms with Crippen LogP contribution in [0.4, 0.5) is 39.9 Å². The predicted molar refractivity (Wildman–Crippen MR) is 166 cm³/mol. The lowest BCUT2D eigenvalue weighted by atomic mass is 9.69. The van der Waals surface area contributed by atoms with Gasteiger partial charge in [0.25, 0.3) is 0 Å². The van der Waals surface area contributed by atoms with Gasteiger partial charge in [-0.1, -0.05) is 37.1 Å². The summed E-state index contributed by atoms with van der Waals surface area (Å²) in [5.41, 5.74) is -1.47. The van der Waals surface area contributed by atoms with Gasteiger partial charge in [0.2, 0.25) is 5.79 Å². The number of carbonyl (C=O) groups is 1. The number of methoxy groups -OCH3 is 2. The molecule has 0 spiro atoms. The molecule has 272 valence electrons. The van der Waals surface area contributed by atoms with Crippen molar-refractivity contribution >= 4 is 11.7 Å². The number of alkyl halides is 6. The zero-order valence-electron chi connectivity index (χ0n) is 28.0. The summed E-state index contributed by atoms with van der Waals surface area (Å²) < 4.78 is 133. The van der Waals surface area contributed by atoms with Crippen molar-refractivity contribution in [3.8, 4) is 0 Å². The Kier molecular flexibility index (Phi) is 10.3. The Morgan fingerprint density at radius 2 is 1.56 bits per heavy atom. The molecule has 1 fully saturated rings. The molecule has 0 bridgehead atoms. The van der Waals surface area contributed by atoms with E-state index in [4.69, 9.17) is 18.9 Å². The summed E-state index contributed by atoms with van der Waals surface area (Å²) in [5.74, 6) is -3.70. The Balaban J connectivity index is 1.58. The highest BCUT2D eigenvalue weighted by molar-refractivity contribution is 5.76. The second-order valence-corrected chi connectivity index (χ2v) is 13.5. The van der Waals surface area contributed by atoms with Crippen LogP contribution in [0.25, 0.3) is 5.57 Å². The van der Waals surface area contributed by atoms with E-state index in [1.165, 1.54) is 38.2 Å². The molecule has 1 aliphatic heterocycles. The van der Waals surface area contributed by atoms with E-state index in [1.807, 2.05) is 13.8 Å². The fourth-order valence-electron chi connectivity index (χ4n) is 6.93.